The third kappa shape index (κ3) is 2.12. The summed E-state index contributed by atoms with van der Waals surface area (Å²) in [4.78, 5) is 13.2. The van der Waals surface area contributed by atoms with Gasteiger partial charge in [0.15, 0.2) is 0 Å². The summed E-state index contributed by atoms with van der Waals surface area (Å²) in [5.41, 5.74) is 6.55. The molecule has 0 saturated carbocycles. The van der Waals surface area contributed by atoms with Crippen molar-refractivity contribution in [2.24, 2.45) is 17.6 Å². The molecule has 1 aliphatic carbocycles. The highest BCUT2D eigenvalue weighted by molar-refractivity contribution is 5.83. The SMILES string of the molecule is CC.CN1C=CC2C(N)=CC=CC2C1=O. The number of rotatable bonds is 0. The molecule has 0 bridgehead atoms. The Labute approximate surface area is 90.9 Å². The molecular formula is C12H18N2O. The summed E-state index contributed by atoms with van der Waals surface area (Å²) < 4.78 is 0. The lowest BCUT2D eigenvalue weighted by Crippen LogP contribution is -2.38. The molecule has 3 heteroatoms. The lowest BCUT2D eigenvalue weighted by molar-refractivity contribution is -0.131. The number of carbonyl (C=O) groups is 1. The summed E-state index contributed by atoms with van der Waals surface area (Å²) >= 11 is 0. The van der Waals surface area contributed by atoms with Crippen molar-refractivity contribution >= 4 is 5.91 Å². The molecule has 15 heavy (non-hydrogen) atoms. The average Bonchev–Trinajstić information content (AvgIpc) is 2.27. The van der Waals surface area contributed by atoms with Crippen LogP contribution in [-0.4, -0.2) is 17.9 Å². The molecule has 2 atom stereocenters. The summed E-state index contributed by atoms with van der Waals surface area (Å²) in [7, 11) is 1.76. The van der Waals surface area contributed by atoms with Crippen LogP contribution in [0.5, 0.6) is 0 Å². The van der Waals surface area contributed by atoms with Gasteiger partial charge in [-0.25, -0.2) is 0 Å². The number of nitrogens with two attached hydrogens (primary N) is 1. The van der Waals surface area contributed by atoms with Crippen molar-refractivity contribution in [3.8, 4) is 0 Å². The maximum Gasteiger partial charge on any atom is 0.234 e. The van der Waals surface area contributed by atoms with Crippen molar-refractivity contribution < 1.29 is 4.79 Å². The van der Waals surface area contributed by atoms with Gasteiger partial charge in [0.1, 0.15) is 0 Å². The van der Waals surface area contributed by atoms with Crippen LogP contribution in [0.15, 0.2) is 36.2 Å². The van der Waals surface area contributed by atoms with Crippen LogP contribution < -0.4 is 5.73 Å². The highest BCUT2D eigenvalue weighted by Crippen LogP contribution is 2.29. The van der Waals surface area contributed by atoms with E-state index in [0.717, 1.165) is 5.70 Å². The Balaban J connectivity index is 0.000000531. The molecule has 1 amide bonds. The number of nitrogens with zero attached hydrogens (tertiary/aromatic N) is 1. The normalized spacial score (nSPS) is 27.8. The Bertz CT molecular complexity index is 329. The van der Waals surface area contributed by atoms with Crippen LogP contribution in [-0.2, 0) is 4.79 Å². The Morgan fingerprint density at radius 2 is 1.93 bits per heavy atom. The van der Waals surface area contributed by atoms with Gasteiger partial charge in [0, 0.05) is 24.9 Å². The van der Waals surface area contributed by atoms with Gasteiger partial charge in [-0.05, 0) is 6.08 Å². The first-order valence-corrected chi connectivity index (χ1v) is 5.29. The standard InChI is InChI=1S/C10H12N2O.C2H6/c1-12-6-5-7-8(10(12)13)3-2-4-9(7)11;1-2/h2-8H,11H2,1H3;1-2H3. The topological polar surface area (TPSA) is 46.3 Å². The molecule has 0 spiro atoms. The zero-order valence-corrected chi connectivity index (χ0v) is 9.47. The molecule has 1 aliphatic heterocycles. The van der Waals surface area contributed by atoms with Crippen LogP contribution in [0.3, 0.4) is 0 Å². The lowest BCUT2D eigenvalue weighted by Gasteiger charge is -2.31. The van der Waals surface area contributed by atoms with Gasteiger partial charge in [0.05, 0.1) is 5.92 Å². The second-order valence-corrected chi connectivity index (χ2v) is 3.39. The minimum Gasteiger partial charge on any atom is -0.402 e. The van der Waals surface area contributed by atoms with Crippen molar-refractivity contribution in [3.63, 3.8) is 0 Å². The molecule has 0 saturated heterocycles. The molecule has 2 unspecified atom stereocenters. The molecule has 2 rings (SSSR count). The molecule has 0 fully saturated rings. The zero-order valence-electron chi connectivity index (χ0n) is 9.47. The quantitative estimate of drug-likeness (QED) is 0.655. The van der Waals surface area contributed by atoms with E-state index in [9.17, 15) is 4.79 Å². The van der Waals surface area contributed by atoms with Crippen LogP contribution in [0.2, 0.25) is 0 Å². The third-order valence-electron chi connectivity index (χ3n) is 2.53. The van der Waals surface area contributed by atoms with Crippen molar-refractivity contribution in [3.05, 3.63) is 36.2 Å². The van der Waals surface area contributed by atoms with Crippen LogP contribution in [0.1, 0.15) is 13.8 Å². The molecule has 2 aliphatic rings. The van der Waals surface area contributed by atoms with Gasteiger partial charge in [-0.1, -0.05) is 32.1 Å². The van der Waals surface area contributed by atoms with E-state index < -0.39 is 0 Å². The number of allylic oxidation sites excluding steroid dienone is 3. The van der Waals surface area contributed by atoms with Crippen LogP contribution in [0.25, 0.3) is 0 Å². The predicted octanol–water partition coefficient (Wildman–Crippen LogP) is 1.64. The van der Waals surface area contributed by atoms with Crippen molar-refractivity contribution in [1.29, 1.82) is 0 Å². The highest BCUT2D eigenvalue weighted by Gasteiger charge is 2.32. The van der Waals surface area contributed by atoms with Gasteiger partial charge in [-0.3, -0.25) is 4.79 Å². The Morgan fingerprint density at radius 3 is 2.60 bits per heavy atom. The number of hydrogen-bond acceptors (Lipinski definition) is 2. The van der Waals surface area contributed by atoms with Crippen molar-refractivity contribution in [1.82, 2.24) is 4.90 Å². The molecule has 0 aromatic heterocycles. The Morgan fingerprint density at radius 1 is 1.27 bits per heavy atom. The fourth-order valence-corrected chi connectivity index (χ4v) is 1.72. The van der Waals surface area contributed by atoms with E-state index >= 15 is 0 Å². The first-order chi connectivity index (χ1) is 7.20. The predicted molar refractivity (Wildman–Crippen MR) is 61.6 cm³/mol. The number of amides is 1. The van der Waals surface area contributed by atoms with Gasteiger partial charge in [-0.15, -0.1) is 0 Å². The van der Waals surface area contributed by atoms with Crippen LogP contribution in [0, 0.1) is 11.8 Å². The molecule has 0 radical (unpaired) electrons. The van der Waals surface area contributed by atoms with E-state index in [-0.39, 0.29) is 17.7 Å². The van der Waals surface area contributed by atoms with Gasteiger partial charge < -0.3 is 10.6 Å². The second-order valence-electron chi connectivity index (χ2n) is 3.39. The fraction of sp³-hybridized carbons (Fsp3) is 0.417. The van der Waals surface area contributed by atoms with E-state index in [2.05, 4.69) is 0 Å². The summed E-state index contributed by atoms with van der Waals surface area (Å²) in [6, 6.07) is 0. The van der Waals surface area contributed by atoms with Gasteiger partial charge in [0.2, 0.25) is 5.91 Å². The first kappa shape index (κ1) is 11.6. The Hall–Kier alpha value is -1.51. The smallest absolute Gasteiger partial charge is 0.234 e. The third-order valence-corrected chi connectivity index (χ3v) is 2.53. The molecule has 0 aromatic rings. The van der Waals surface area contributed by atoms with Gasteiger partial charge in [-0.2, -0.15) is 0 Å². The maximum absolute atomic E-state index is 11.6. The monoisotopic (exact) mass is 206 g/mol. The largest absolute Gasteiger partial charge is 0.402 e. The number of fused-ring (bicyclic) bond motifs is 1. The number of carbonyl (C=O) groups excluding carboxylic acids is 1. The summed E-state index contributed by atoms with van der Waals surface area (Å²) in [5, 5.41) is 0. The van der Waals surface area contributed by atoms with E-state index in [1.807, 2.05) is 38.2 Å². The first-order valence-electron chi connectivity index (χ1n) is 5.29. The summed E-state index contributed by atoms with van der Waals surface area (Å²) in [5.74, 6) is 0.0773. The molecule has 0 aromatic carbocycles. The van der Waals surface area contributed by atoms with Crippen molar-refractivity contribution in [2.75, 3.05) is 7.05 Å². The molecule has 2 N–H and O–H groups in total. The number of hydrogen-bond donors (Lipinski definition) is 1. The van der Waals surface area contributed by atoms with Crippen LogP contribution in [0.4, 0.5) is 0 Å². The second kappa shape index (κ2) is 4.82. The molecule has 3 nitrogen and oxygen atoms in total. The Kier molecular flexibility index (Phi) is 3.72. The zero-order chi connectivity index (χ0) is 11.4. The molecule has 1 heterocycles. The molecular weight excluding hydrogens is 188 g/mol. The van der Waals surface area contributed by atoms with E-state index in [0.29, 0.717) is 0 Å². The highest BCUT2D eigenvalue weighted by atomic mass is 16.2. The summed E-state index contributed by atoms with van der Waals surface area (Å²) in [6.45, 7) is 4.00. The van der Waals surface area contributed by atoms with Gasteiger partial charge >= 0.3 is 0 Å². The lowest BCUT2D eigenvalue weighted by atomic mass is 9.83. The van der Waals surface area contributed by atoms with E-state index in [1.165, 1.54) is 0 Å². The van der Waals surface area contributed by atoms with Gasteiger partial charge in [0.25, 0.3) is 0 Å². The van der Waals surface area contributed by atoms with E-state index in [4.69, 9.17) is 5.73 Å². The van der Waals surface area contributed by atoms with Crippen LogP contribution >= 0.6 is 0 Å². The minimum atomic E-state index is -0.0972. The van der Waals surface area contributed by atoms with Crippen molar-refractivity contribution in [2.45, 2.75) is 13.8 Å². The summed E-state index contributed by atoms with van der Waals surface area (Å²) in [6.07, 6.45) is 9.36. The van der Waals surface area contributed by atoms with E-state index in [1.54, 1.807) is 18.1 Å². The maximum atomic E-state index is 11.6. The fourth-order valence-electron chi connectivity index (χ4n) is 1.72. The molecule has 82 valence electrons. The average molecular weight is 206 g/mol. The minimum absolute atomic E-state index is 0.0636.